The molecule has 0 spiro atoms. The lowest BCUT2D eigenvalue weighted by molar-refractivity contribution is 0.0458. The largest absolute Gasteiger partial charge is 0.374 e. The van der Waals surface area contributed by atoms with Crippen LogP contribution in [0.5, 0.6) is 0 Å². The van der Waals surface area contributed by atoms with Crippen molar-refractivity contribution in [2.45, 2.75) is 65.2 Å². The molecule has 1 heterocycles. The minimum Gasteiger partial charge on any atom is -0.374 e. The number of nitrogens with zero attached hydrogens (tertiary/aromatic N) is 1. The Hall–Kier alpha value is -0.930. The van der Waals surface area contributed by atoms with Gasteiger partial charge in [-0.2, -0.15) is 0 Å². The highest BCUT2D eigenvalue weighted by Gasteiger charge is 2.03. The van der Waals surface area contributed by atoms with E-state index in [4.69, 9.17) is 10.5 Å². The molecule has 1 aromatic rings. The predicted octanol–water partition coefficient (Wildman–Crippen LogP) is 3.42. The summed E-state index contributed by atoms with van der Waals surface area (Å²) in [4.78, 5) is 4.17. The molecule has 1 rings (SSSR count). The third kappa shape index (κ3) is 6.12. The second-order valence-electron chi connectivity index (χ2n) is 4.83. The van der Waals surface area contributed by atoms with E-state index in [0.29, 0.717) is 19.3 Å². The van der Waals surface area contributed by atoms with Crippen molar-refractivity contribution in [3.05, 3.63) is 29.6 Å². The Bertz CT molecular complexity index is 328. The van der Waals surface area contributed by atoms with Gasteiger partial charge in [-0.25, -0.2) is 0 Å². The molecule has 1 atom stereocenters. The lowest BCUT2D eigenvalue weighted by atomic mass is 10.1. The molecule has 0 aliphatic heterocycles. The molecule has 3 nitrogen and oxygen atoms in total. The average molecular weight is 250 g/mol. The van der Waals surface area contributed by atoms with Crippen molar-refractivity contribution >= 4 is 0 Å². The summed E-state index contributed by atoms with van der Waals surface area (Å²) in [6.07, 6.45) is 8.47. The zero-order chi connectivity index (χ0) is 13.2. The molecule has 0 radical (unpaired) electrons. The summed E-state index contributed by atoms with van der Waals surface area (Å²) in [5.74, 6) is 0. The van der Waals surface area contributed by atoms with E-state index >= 15 is 0 Å². The standard InChI is InChI=1S/C15H26N2O/c1-3-4-5-6-7-13(2)18-12-14-8-9-17-15(10-14)11-16/h8-10,13H,3-7,11-12,16H2,1-2H3. The zero-order valence-electron chi connectivity index (χ0n) is 11.7. The Labute approximate surface area is 111 Å². The number of aromatic nitrogens is 1. The van der Waals surface area contributed by atoms with Crippen LogP contribution in [0.4, 0.5) is 0 Å². The Balaban J connectivity index is 2.22. The number of unbranched alkanes of at least 4 members (excludes halogenated alkanes) is 3. The summed E-state index contributed by atoms with van der Waals surface area (Å²) in [6, 6.07) is 4.01. The van der Waals surface area contributed by atoms with Crippen LogP contribution in [-0.4, -0.2) is 11.1 Å². The Morgan fingerprint density at radius 2 is 2.17 bits per heavy atom. The average Bonchev–Trinajstić information content (AvgIpc) is 2.41. The third-order valence-electron chi connectivity index (χ3n) is 3.09. The van der Waals surface area contributed by atoms with Crippen LogP contribution in [0.1, 0.15) is 57.2 Å². The molecule has 0 aliphatic carbocycles. The smallest absolute Gasteiger partial charge is 0.0721 e. The Kier molecular flexibility index (Phi) is 7.62. The molecule has 1 aromatic heterocycles. The fraction of sp³-hybridized carbons (Fsp3) is 0.667. The van der Waals surface area contributed by atoms with E-state index in [1.54, 1.807) is 6.20 Å². The van der Waals surface area contributed by atoms with Crippen LogP contribution in [0.15, 0.2) is 18.3 Å². The van der Waals surface area contributed by atoms with E-state index in [2.05, 4.69) is 18.8 Å². The number of rotatable bonds is 9. The first-order chi connectivity index (χ1) is 8.76. The maximum Gasteiger partial charge on any atom is 0.0721 e. The van der Waals surface area contributed by atoms with E-state index in [-0.39, 0.29) is 0 Å². The molecule has 0 amide bonds. The summed E-state index contributed by atoms with van der Waals surface area (Å²) in [5, 5.41) is 0. The molecular formula is C15H26N2O. The molecule has 0 aromatic carbocycles. The SMILES string of the molecule is CCCCCCC(C)OCc1ccnc(CN)c1. The minimum absolute atomic E-state index is 0.330. The number of nitrogens with two attached hydrogens (primary N) is 1. The minimum atomic E-state index is 0.330. The van der Waals surface area contributed by atoms with Gasteiger partial charge in [0.05, 0.1) is 18.4 Å². The topological polar surface area (TPSA) is 48.1 Å². The van der Waals surface area contributed by atoms with E-state index < -0.39 is 0 Å². The second-order valence-corrected chi connectivity index (χ2v) is 4.83. The lowest BCUT2D eigenvalue weighted by Crippen LogP contribution is -2.08. The number of hydrogen-bond acceptors (Lipinski definition) is 3. The van der Waals surface area contributed by atoms with Gasteiger partial charge in [0.2, 0.25) is 0 Å². The third-order valence-corrected chi connectivity index (χ3v) is 3.09. The van der Waals surface area contributed by atoms with Gasteiger partial charge in [0.1, 0.15) is 0 Å². The van der Waals surface area contributed by atoms with Crippen molar-refractivity contribution in [3.63, 3.8) is 0 Å². The molecule has 0 saturated heterocycles. The van der Waals surface area contributed by atoms with Gasteiger partial charge in [0.15, 0.2) is 0 Å². The van der Waals surface area contributed by atoms with Gasteiger partial charge in [-0.1, -0.05) is 32.6 Å². The zero-order valence-corrected chi connectivity index (χ0v) is 11.7. The second kappa shape index (κ2) is 9.06. The maximum atomic E-state index is 5.84. The highest BCUT2D eigenvalue weighted by molar-refractivity contribution is 5.15. The normalized spacial score (nSPS) is 12.6. The molecular weight excluding hydrogens is 224 g/mol. The van der Waals surface area contributed by atoms with Crippen molar-refractivity contribution in [1.29, 1.82) is 0 Å². The molecule has 3 heteroatoms. The fourth-order valence-corrected chi connectivity index (χ4v) is 1.91. The van der Waals surface area contributed by atoms with Crippen molar-refractivity contribution < 1.29 is 4.74 Å². The molecule has 2 N–H and O–H groups in total. The van der Waals surface area contributed by atoms with Gasteiger partial charge in [0.25, 0.3) is 0 Å². The van der Waals surface area contributed by atoms with Gasteiger partial charge in [-0.05, 0) is 31.0 Å². The summed E-state index contributed by atoms with van der Waals surface area (Å²) in [5.41, 5.74) is 7.65. The number of hydrogen-bond donors (Lipinski definition) is 1. The summed E-state index contributed by atoms with van der Waals surface area (Å²) in [7, 11) is 0. The first kappa shape index (κ1) is 15.1. The highest BCUT2D eigenvalue weighted by atomic mass is 16.5. The van der Waals surface area contributed by atoms with E-state index in [9.17, 15) is 0 Å². The monoisotopic (exact) mass is 250 g/mol. The van der Waals surface area contributed by atoms with Crippen LogP contribution in [-0.2, 0) is 17.9 Å². The molecule has 0 fully saturated rings. The molecule has 1 unspecified atom stereocenters. The fourth-order valence-electron chi connectivity index (χ4n) is 1.91. The van der Waals surface area contributed by atoms with E-state index in [1.165, 1.54) is 25.7 Å². The molecule has 18 heavy (non-hydrogen) atoms. The van der Waals surface area contributed by atoms with Crippen LogP contribution < -0.4 is 5.73 Å². The number of pyridine rings is 1. The molecule has 0 saturated carbocycles. The Morgan fingerprint density at radius 3 is 2.89 bits per heavy atom. The van der Waals surface area contributed by atoms with E-state index in [0.717, 1.165) is 17.7 Å². The van der Waals surface area contributed by atoms with Crippen LogP contribution in [0, 0.1) is 0 Å². The first-order valence-electron chi connectivity index (χ1n) is 7.01. The quantitative estimate of drug-likeness (QED) is 0.683. The predicted molar refractivity (Wildman–Crippen MR) is 75.1 cm³/mol. The van der Waals surface area contributed by atoms with Gasteiger partial charge in [0, 0.05) is 12.7 Å². The summed E-state index contributed by atoms with van der Waals surface area (Å²) >= 11 is 0. The van der Waals surface area contributed by atoms with Gasteiger partial charge >= 0.3 is 0 Å². The lowest BCUT2D eigenvalue weighted by Gasteiger charge is -2.13. The van der Waals surface area contributed by atoms with Gasteiger partial charge < -0.3 is 10.5 Å². The van der Waals surface area contributed by atoms with Crippen molar-refractivity contribution in [2.24, 2.45) is 5.73 Å². The van der Waals surface area contributed by atoms with Gasteiger partial charge in [-0.3, -0.25) is 4.98 Å². The van der Waals surface area contributed by atoms with Crippen LogP contribution in [0.25, 0.3) is 0 Å². The van der Waals surface area contributed by atoms with E-state index in [1.807, 2.05) is 12.1 Å². The molecule has 0 aliphatic rings. The van der Waals surface area contributed by atoms with Crippen molar-refractivity contribution in [1.82, 2.24) is 4.98 Å². The summed E-state index contributed by atoms with van der Waals surface area (Å²) in [6.45, 7) is 5.53. The van der Waals surface area contributed by atoms with Crippen molar-refractivity contribution in [2.75, 3.05) is 0 Å². The summed E-state index contributed by atoms with van der Waals surface area (Å²) < 4.78 is 5.84. The first-order valence-corrected chi connectivity index (χ1v) is 7.01. The van der Waals surface area contributed by atoms with Crippen molar-refractivity contribution in [3.8, 4) is 0 Å². The molecule has 102 valence electrons. The van der Waals surface area contributed by atoms with Crippen LogP contribution >= 0.6 is 0 Å². The van der Waals surface area contributed by atoms with Crippen LogP contribution in [0.2, 0.25) is 0 Å². The molecule has 0 bridgehead atoms. The van der Waals surface area contributed by atoms with Gasteiger partial charge in [-0.15, -0.1) is 0 Å². The maximum absolute atomic E-state index is 5.84. The Morgan fingerprint density at radius 1 is 1.33 bits per heavy atom. The van der Waals surface area contributed by atoms with Crippen LogP contribution in [0.3, 0.4) is 0 Å². The number of ether oxygens (including phenoxy) is 1. The highest BCUT2D eigenvalue weighted by Crippen LogP contribution is 2.10.